The van der Waals surface area contributed by atoms with Crippen LogP contribution in [-0.4, -0.2) is 43.7 Å². The van der Waals surface area contributed by atoms with Gasteiger partial charge in [0.25, 0.3) is 5.91 Å². The number of aliphatic hydroxyl groups is 1. The van der Waals surface area contributed by atoms with Crippen molar-refractivity contribution in [1.82, 2.24) is 10.7 Å². The number of hydrogen-bond acceptors (Lipinski definition) is 6. The molecule has 1 heterocycles. The number of carbonyl (C=O) groups excluding carboxylic acids is 2. The van der Waals surface area contributed by atoms with Crippen molar-refractivity contribution in [3.05, 3.63) is 94.1 Å². The Morgan fingerprint density at radius 1 is 1.19 bits per heavy atom. The molecular weight excluding hydrogens is 452 g/mol. The van der Waals surface area contributed by atoms with Crippen LogP contribution in [-0.2, 0) is 0 Å². The first-order valence-corrected chi connectivity index (χ1v) is 12.1. The van der Waals surface area contributed by atoms with Gasteiger partial charge in [-0.25, -0.2) is 0 Å². The summed E-state index contributed by atoms with van der Waals surface area (Å²) in [6, 6.07) is 12.4. The summed E-state index contributed by atoms with van der Waals surface area (Å²) in [5.41, 5.74) is 8.39. The molecule has 0 spiro atoms. The first-order valence-electron chi connectivity index (χ1n) is 12.1. The lowest BCUT2D eigenvalue weighted by Gasteiger charge is -2.26. The van der Waals surface area contributed by atoms with Crippen molar-refractivity contribution in [2.45, 2.75) is 33.8 Å². The standard InChI is InChI=1S/C27H30N4O3.C2H6/c1-4-9-18(5-2)22-14-29-24-13-20(12-21(17-32)26(24)23(22)15-31-28-3)27(34)30-16-25(33)19-10-7-6-8-11-19;1-2/h4-13,15,17,25,28-29,33H,14,16H2,1-3H3,(H,30,34);1-2H3/b9-4-,18-5+,31-15-;. The monoisotopic (exact) mass is 488 g/mol. The second-order valence-electron chi connectivity index (χ2n) is 7.71. The number of rotatable bonds is 9. The Kier molecular flexibility index (Phi) is 11.3. The van der Waals surface area contributed by atoms with Crippen LogP contribution in [0.5, 0.6) is 0 Å². The zero-order valence-corrected chi connectivity index (χ0v) is 21.6. The second kappa shape index (κ2) is 14.4. The lowest BCUT2D eigenvalue weighted by atomic mass is 9.87. The fraction of sp³-hybridized carbons (Fsp3) is 0.276. The molecule has 190 valence electrons. The van der Waals surface area contributed by atoms with Crippen LogP contribution in [0.2, 0.25) is 0 Å². The van der Waals surface area contributed by atoms with Gasteiger partial charge in [-0.15, -0.1) is 0 Å². The Bertz CT molecular complexity index is 1160. The smallest absolute Gasteiger partial charge is 0.251 e. The highest BCUT2D eigenvalue weighted by molar-refractivity contribution is 6.18. The van der Waals surface area contributed by atoms with E-state index in [1.807, 2.05) is 64.1 Å². The van der Waals surface area contributed by atoms with E-state index in [4.69, 9.17) is 0 Å². The van der Waals surface area contributed by atoms with Crippen molar-refractivity contribution in [1.29, 1.82) is 0 Å². The molecule has 2 aromatic rings. The van der Waals surface area contributed by atoms with E-state index in [2.05, 4.69) is 21.2 Å². The summed E-state index contributed by atoms with van der Waals surface area (Å²) in [5.74, 6) is -0.369. The number of allylic oxidation sites excluding steroid dienone is 4. The predicted octanol–water partition coefficient (Wildman–Crippen LogP) is 4.90. The van der Waals surface area contributed by atoms with Gasteiger partial charge in [0.2, 0.25) is 0 Å². The molecular formula is C29H36N4O3. The van der Waals surface area contributed by atoms with Gasteiger partial charge in [0, 0.05) is 48.1 Å². The fourth-order valence-corrected chi connectivity index (χ4v) is 3.92. The molecule has 0 fully saturated rings. The zero-order chi connectivity index (χ0) is 26.5. The second-order valence-corrected chi connectivity index (χ2v) is 7.71. The fourth-order valence-electron chi connectivity index (χ4n) is 3.92. The lowest BCUT2D eigenvalue weighted by molar-refractivity contribution is 0.0916. The Morgan fingerprint density at radius 2 is 1.92 bits per heavy atom. The van der Waals surface area contributed by atoms with Gasteiger partial charge in [0.1, 0.15) is 0 Å². The maximum absolute atomic E-state index is 12.9. The van der Waals surface area contributed by atoms with Crippen LogP contribution in [0.1, 0.15) is 65.6 Å². The van der Waals surface area contributed by atoms with Crippen LogP contribution in [0.25, 0.3) is 5.57 Å². The minimum absolute atomic E-state index is 0.0575. The van der Waals surface area contributed by atoms with Crippen LogP contribution in [0, 0.1) is 0 Å². The molecule has 0 saturated carbocycles. The molecule has 1 amide bonds. The maximum atomic E-state index is 12.9. The third-order valence-electron chi connectivity index (χ3n) is 5.58. The molecule has 1 aliphatic heterocycles. The molecule has 7 heteroatoms. The lowest BCUT2D eigenvalue weighted by Crippen LogP contribution is -2.29. The van der Waals surface area contributed by atoms with Crippen molar-refractivity contribution < 1.29 is 14.7 Å². The summed E-state index contributed by atoms with van der Waals surface area (Å²) >= 11 is 0. The van der Waals surface area contributed by atoms with Gasteiger partial charge in [0.15, 0.2) is 6.29 Å². The number of hydrogen-bond donors (Lipinski definition) is 4. The van der Waals surface area contributed by atoms with E-state index in [9.17, 15) is 14.7 Å². The average Bonchev–Trinajstić information content (AvgIpc) is 2.93. The Morgan fingerprint density at radius 3 is 2.53 bits per heavy atom. The third-order valence-corrected chi connectivity index (χ3v) is 5.58. The summed E-state index contributed by atoms with van der Waals surface area (Å²) in [5, 5.41) is 20.7. The Balaban J connectivity index is 0.00000222. The molecule has 36 heavy (non-hydrogen) atoms. The Labute approximate surface area is 213 Å². The number of nitrogens with zero attached hydrogens (tertiary/aromatic N) is 1. The third kappa shape index (κ3) is 6.79. The average molecular weight is 489 g/mol. The van der Waals surface area contributed by atoms with E-state index in [0.29, 0.717) is 28.9 Å². The number of amides is 1. The van der Waals surface area contributed by atoms with E-state index < -0.39 is 6.10 Å². The van der Waals surface area contributed by atoms with Gasteiger partial charge in [-0.3, -0.25) is 9.59 Å². The summed E-state index contributed by atoms with van der Waals surface area (Å²) in [6.07, 6.45) is 7.60. The largest absolute Gasteiger partial charge is 0.387 e. The zero-order valence-electron chi connectivity index (χ0n) is 21.6. The molecule has 0 bridgehead atoms. The first kappa shape index (κ1) is 28.3. The highest BCUT2D eigenvalue weighted by Gasteiger charge is 2.24. The number of aliphatic hydroxyl groups excluding tert-OH is 1. The number of hydrazone groups is 1. The quantitative estimate of drug-likeness (QED) is 0.174. The molecule has 1 atom stereocenters. The molecule has 4 N–H and O–H groups in total. The van der Waals surface area contributed by atoms with Crippen LogP contribution in [0.15, 0.2) is 76.9 Å². The molecule has 7 nitrogen and oxygen atoms in total. The molecule has 1 unspecified atom stereocenters. The number of fused-ring (bicyclic) bond motifs is 1. The summed E-state index contributed by atoms with van der Waals surface area (Å²) in [6.45, 7) is 8.48. The Hall–Kier alpha value is -3.97. The van der Waals surface area contributed by atoms with Gasteiger partial charge in [-0.2, -0.15) is 5.10 Å². The highest BCUT2D eigenvalue weighted by Crippen LogP contribution is 2.36. The van der Waals surface area contributed by atoms with Gasteiger partial charge >= 0.3 is 0 Å². The normalized spacial score (nSPS) is 14.0. The van der Waals surface area contributed by atoms with Crippen molar-refractivity contribution in [3.63, 3.8) is 0 Å². The molecule has 3 rings (SSSR count). The van der Waals surface area contributed by atoms with Gasteiger partial charge in [0.05, 0.1) is 12.3 Å². The number of nitrogens with one attached hydrogen (secondary N) is 3. The van der Waals surface area contributed by atoms with E-state index >= 15 is 0 Å². The minimum atomic E-state index is -0.827. The molecule has 0 aromatic heterocycles. The molecule has 2 aromatic carbocycles. The number of anilines is 1. The van der Waals surface area contributed by atoms with Gasteiger partial charge in [-0.05, 0) is 42.7 Å². The van der Waals surface area contributed by atoms with E-state index in [1.54, 1.807) is 37.5 Å². The highest BCUT2D eigenvalue weighted by atomic mass is 16.3. The van der Waals surface area contributed by atoms with Crippen LogP contribution in [0.4, 0.5) is 5.69 Å². The van der Waals surface area contributed by atoms with Crippen LogP contribution in [0.3, 0.4) is 0 Å². The molecule has 1 aliphatic rings. The molecule has 0 saturated heterocycles. The minimum Gasteiger partial charge on any atom is -0.387 e. The first-order chi connectivity index (χ1) is 17.5. The SMILES string of the molecule is CC.C\C=C/C(=C\C)C1=C(\C=N/NC)c2c(C=O)cc(C(=O)NCC(O)c3ccccc3)cc2NC\1. The van der Waals surface area contributed by atoms with Crippen LogP contribution >= 0.6 is 0 Å². The molecule has 0 radical (unpaired) electrons. The number of carbonyl (C=O) groups is 2. The van der Waals surface area contributed by atoms with E-state index in [1.165, 1.54) is 0 Å². The summed E-state index contributed by atoms with van der Waals surface area (Å²) in [7, 11) is 1.71. The van der Waals surface area contributed by atoms with Crippen molar-refractivity contribution in [3.8, 4) is 0 Å². The maximum Gasteiger partial charge on any atom is 0.251 e. The summed E-state index contributed by atoms with van der Waals surface area (Å²) in [4.78, 5) is 24.9. The molecule has 0 aliphatic carbocycles. The van der Waals surface area contributed by atoms with Crippen molar-refractivity contribution >= 4 is 29.7 Å². The van der Waals surface area contributed by atoms with E-state index in [0.717, 1.165) is 28.6 Å². The van der Waals surface area contributed by atoms with Gasteiger partial charge < -0.3 is 21.2 Å². The van der Waals surface area contributed by atoms with Crippen molar-refractivity contribution in [2.24, 2.45) is 5.10 Å². The van der Waals surface area contributed by atoms with Crippen molar-refractivity contribution in [2.75, 3.05) is 25.5 Å². The van der Waals surface area contributed by atoms with Gasteiger partial charge in [-0.1, -0.05) is 62.4 Å². The van der Waals surface area contributed by atoms with Crippen LogP contribution < -0.4 is 16.1 Å². The predicted molar refractivity (Wildman–Crippen MR) is 148 cm³/mol. The number of aldehydes is 1. The topological polar surface area (TPSA) is 103 Å². The van der Waals surface area contributed by atoms with E-state index in [-0.39, 0.29) is 12.5 Å². The summed E-state index contributed by atoms with van der Waals surface area (Å²) < 4.78 is 0. The number of benzene rings is 2.